The van der Waals surface area contributed by atoms with Crippen molar-refractivity contribution in [1.82, 2.24) is 10.2 Å². The third-order valence-corrected chi connectivity index (χ3v) is 10.8. The van der Waals surface area contributed by atoms with E-state index in [9.17, 15) is 18.8 Å². The van der Waals surface area contributed by atoms with Crippen molar-refractivity contribution in [1.29, 1.82) is 0 Å². The lowest BCUT2D eigenvalue weighted by Gasteiger charge is -2.41. The fourth-order valence-corrected chi connectivity index (χ4v) is 8.15. The number of nitrogens with one attached hydrogen (secondary N) is 2. The van der Waals surface area contributed by atoms with Crippen LogP contribution < -0.4 is 10.6 Å². The minimum absolute atomic E-state index is 0.0416. The smallest absolute Gasteiger partial charge is 0.246 e. The maximum atomic E-state index is 14.3. The summed E-state index contributed by atoms with van der Waals surface area (Å²) in [7, 11) is 0. The van der Waals surface area contributed by atoms with Gasteiger partial charge in [0.2, 0.25) is 17.7 Å². The summed E-state index contributed by atoms with van der Waals surface area (Å²) in [5.74, 6) is -1.53. The Labute approximate surface area is 240 Å². The lowest BCUT2D eigenvalue weighted by molar-refractivity contribution is -0.145. The highest BCUT2D eigenvalue weighted by Crippen LogP contribution is 2.56. The van der Waals surface area contributed by atoms with Gasteiger partial charge < -0.3 is 20.3 Å². The second kappa shape index (κ2) is 10.4. The van der Waals surface area contributed by atoms with E-state index in [0.29, 0.717) is 23.4 Å². The fraction of sp³-hybridized carbons (Fsp3) is 0.645. The van der Waals surface area contributed by atoms with Crippen LogP contribution in [-0.2, 0) is 19.1 Å². The summed E-state index contributed by atoms with van der Waals surface area (Å²) < 4.78 is 20.2. The highest BCUT2D eigenvalue weighted by atomic mass is 35.5. The van der Waals surface area contributed by atoms with Crippen LogP contribution >= 0.6 is 11.6 Å². The summed E-state index contributed by atoms with van der Waals surface area (Å²) in [5.41, 5.74) is -0.851. The molecule has 216 valence electrons. The molecule has 3 aliphatic heterocycles. The van der Waals surface area contributed by atoms with E-state index in [1.165, 1.54) is 18.2 Å². The molecule has 3 heterocycles. The number of fused-ring (bicyclic) bond motifs is 1. The summed E-state index contributed by atoms with van der Waals surface area (Å²) in [6, 6.07) is 3.12. The molecule has 7 nitrogen and oxygen atoms in total. The number of carbonyl (C=O) groups is 3. The van der Waals surface area contributed by atoms with Gasteiger partial charge in [0.1, 0.15) is 17.5 Å². The predicted octanol–water partition coefficient (Wildman–Crippen LogP) is 5.09. The van der Waals surface area contributed by atoms with Gasteiger partial charge in [-0.2, -0.15) is 0 Å². The number of nitrogens with zero attached hydrogens (tertiary/aromatic N) is 1. The van der Waals surface area contributed by atoms with Crippen LogP contribution in [0.4, 0.5) is 10.1 Å². The molecule has 1 aromatic rings. The minimum atomic E-state index is -1.19. The van der Waals surface area contributed by atoms with Crippen LogP contribution in [0.3, 0.4) is 0 Å². The molecular formula is C31H39ClFN3O4. The maximum Gasteiger partial charge on any atom is 0.246 e. The normalized spacial score (nSPS) is 40.3. The van der Waals surface area contributed by atoms with Crippen LogP contribution in [0.15, 0.2) is 30.4 Å². The third kappa shape index (κ3) is 4.46. The number of hydrogen-bond donors (Lipinski definition) is 2. The van der Waals surface area contributed by atoms with Crippen LogP contribution in [-0.4, -0.2) is 52.5 Å². The molecule has 2 N–H and O–H groups in total. The second-order valence-electron chi connectivity index (χ2n) is 12.9. The van der Waals surface area contributed by atoms with E-state index in [2.05, 4.69) is 31.4 Å². The van der Waals surface area contributed by atoms with Gasteiger partial charge in [-0.3, -0.25) is 14.4 Å². The molecule has 2 saturated carbocycles. The molecule has 9 heteroatoms. The van der Waals surface area contributed by atoms with Crippen molar-refractivity contribution in [2.45, 2.75) is 95.5 Å². The Balaban J connectivity index is 1.31. The Bertz CT molecular complexity index is 1230. The first-order valence-electron chi connectivity index (χ1n) is 14.9. The van der Waals surface area contributed by atoms with Crippen LogP contribution in [0.2, 0.25) is 5.02 Å². The average Bonchev–Trinajstić information content (AvgIpc) is 3.57. The molecule has 5 aliphatic rings. The lowest BCUT2D eigenvalue weighted by atomic mass is 9.73. The zero-order valence-corrected chi connectivity index (χ0v) is 24.1. The van der Waals surface area contributed by atoms with Crippen molar-refractivity contribution in [2.24, 2.45) is 29.6 Å². The Kier molecular flexibility index (Phi) is 7.22. The zero-order valence-electron chi connectivity index (χ0n) is 23.4. The number of halogens is 2. The van der Waals surface area contributed by atoms with Crippen molar-refractivity contribution >= 4 is 35.0 Å². The molecular weight excluding hydrogens is 533 g/mol. The Hall–Kier alpha value is -2.45. The molecule has 40 heavy (non-hydrogen) atoms. The van der Waals surface area contributed by atoms with E-state index in [4.69, 9.17) is 16.3 Å². The standard InChI is InChI=1S/C31H39ClFN3O4/c1-16-7-10-20(11-8-16)36-27(29(38)35-23-6-4-5-17(2)18(23)3)31-14-13-24(40-31)25(26(31)30(36)39)28(37)34-19-9-12-22(33)21(32)15-19/h9,12-18,20,23-27H,4-8,10-11H2,1-3H3,(H,34,37)(H,35,38). The van der Waals surface area contributed by atoms with Gasteiger partial charge in [0, 0.05) is 17.8 Å². The first-order valence-corrected chi connectivity index (χ1v) is 15.2. The van der Waals surface area contributed by atoms with E-state index in [1.807, 2.05) is 12.2 Å². The summed E-state index contributed by atoms with van der Waals surface area (Å²) in [6.45, 7) is 6.64. The number of ether oxygens (including phenoxy) is 1. The Morgan fingerprint density at radius 3 is 2.55 bits per heavy atom. The van der Waals surface area contributed by atoms with Crippen molar-refractivity contribution in [2.75, 3.05) is 5.32 Å². The van der Waals surface area contributed by atoms with E-state index < -0.39 is 41.3 Å². The molecule has 0 radical (unpaired) electrons. The first-order chi connectivity index (χ1) is 19.1. The number of likely N-dealkylation sites (tertiary alicyclic amines) is 1. The fourth-order valence-electron chi connectivity index (χ4n) is 7.97. The minimum Gasteiger partial charge on any atom is -0.359 e. The van der Waals surface area contributed by atoms with E-state index in [0.717, 1.165) is 44.9 Å². The van der Waals surface area contributed by atoms with Crippen LogP contribution in [0.5, 0.6) is 0 Å². The predicted molar refractivity (Wildman–Crippen MR) is 150 cm³/mol. The van der Waals surface area contributed by atoms with Crippen molar-refractivity contribution in [3.05, 3.63) is 41.2 Å². The molecule has 2 aliphatic carbocycles. The van der Waals surface area contributed by atoms with Gasteiger partial charge in [-0.1, -0.05) is 57.4 Å². The number of rotatable bonds is 5. The molecule has 8 atom stereocenters. The molecule has 6 rings (SSSR count). The molecule has 1 spiro atoms. The quantitative estimate of drug-likeness (QED) is 0.482. The van der Waals surface area contributed by atoms with Crippen LogP contribution in [0, 0.1) is 35.4 Å². The molecule has 1 aromatic carbocycles. The van der Waals surface area contributed by atoms with E-state index in [-0.39, 0.29) is 28.9 Å². The molecule has 0 aromatic heterocycles. The molecule has 3 amide bonds. The van der Waals surface area contributed by atoms with Gasteiger partial charge in [0.25, 0.3) is 0 Å². The summed E-state index contributed by atoms with van der Waals surface area (Å²) >= 11 is 5.93. The molecule has 2 saturated heterocycles. The number of hydrogen-bond acceptors (Lipinski definition) is 4. The highest BCUT2D eigenvalue weighted by Gasteiger charge is 2.73. The van der Waals surface area contributed by atoms with Crippen molar-refractivity contribution in [3.63, 3.8) is 0 Å². The number of benzene rings is 1. The van der Waals surface area contributed by atoms with Crippen LogP contribution in [0.1, 0.15) is 65.7 Å². The maximum absolute atomic E-state index is 14.3. The lowest BCUT2D eigenvalue weighted by Crippen LogP contribution is -2.59. The van der Waals surface area contributed by atoms with Crippen molar-refractivity contribution < 1.29 is 23.5 Å². The summed E-state index contributed by atoms with van der Waals surface area (Å²) in [4.78, 5) is 44.0. The largest absolute Gasteiger partial charge is 0.359 e. The summed E-state index contributed by atoms with van der Waals surface area (Å²) in [6.07, 6.45) is 9.83. The average molecular weight is 572 g/mol. The van der Waals surface area contributed by atoms with Gasteiger partial charge in [-0.05, 0) is 68.1 Å². The van der Waals surface area contributed by atoms with Gasteiger partial charge in [0.15, 0.2) is 0 Å². The van der Waals surface area contributed by atoms with Crippen molar-refractivity contribution in [3.8, 4) is 0 Å². The van der Waals surface area contributed by atoms with E-state index >= 15 is 0 Å². The number of carbonyl (C=O) groups excluding carboxylic acids is 3. The number of amides is 3. The summed E-state index contributed by atoms with van der Waals surface area (Å²) in [5, 5.41) is 6.04. The highest BCUT2D eigenvalue weighted by molar-refractivity contribution is 6.31. The molecule has 2 bridgehead atoms. The van der Waals surface area contributed by atoms with Crippen LogP contribution in [0.25, 0.3) is 0 Å². The third-order valence-electron chi connectivity index (χ3n) is 10.5. The second-order valence-corrected chi connectivity index (χ2v) is 13.3. The Morgan fingerprint density at radius 2 is 1.82 bits per heavy atom. The Morgan fingerprint density at radius 1 is 1.07 bits per heavy atom. The van der Waals surface area contributed by atoms with Gasteiger partial charge in [-0.25, -0.2) is 4.39 Å². The van der Waals surface area contributed by atoms with Gasteiger partial charge in [-0.15, -0.1) is 0 Å². The first kappa shape index (κ1) is 27.7. The van der Waals surface area contributed by atoms with Gasteiger partial charge in [0.05, 0.1) is 23.0 Å². The topological polar surface area (TPSA) is 87.7 Å². The zero-order chi connectivity index (χ0) is 28.3. The van der Waals surface area contributed by atoms with E-state index in [1.54, 1.807) is 4.90 Å². The SMILES string of the molecule is CC1CCC(N2C(=O)C3C(C(=O)Nc4ccc(F)c(Cl)c4)C4C=CC3(O4)C2C(=O)NC2CCCC(C)C2C)CC1. The monoisotopic (exact) mass is 571 g/mol. The number of anilines is 1. The molecule has 4 fully saturated rings. The van der Waals surface area contributed by atoms with Gasteiger partial charge >= 0.3 is 0 Å². The molecule has 8 unspecified atom stereocenters.